The second-order valence-corrected chi connectivity index (χ2v) is 4.73. The molecular weight excluding hydrogens is 313 g/mol. The van der Waals surface area contributed by atoms with Gasteiger partial charge >= 0.3 is 5.97 Å². The average Bonchev–Trinajstić information content (AvgIpc) is 2.41. The number of halogens is 2. The van der Waals surface area contributed by atoms with Gasteiger partial charge in [0.25, 0.3) is 0 Å². The maximum absolute atomic E-state index is 14.0. The molecule has 0 unspecified atom stereocenters. The van der Waals surface area contributed by atoms with Crippen LogP contribution < -0.4 is 5.32 Å². The molecule has 0 bridgehead atoms. The van der Waals surface area contributed by atoms with Gasteiger partial charge in [0.15, 0.2) is 5.82 Å². The molecule has 2 aromatic rings. The standard InChI is InChI=1S/C14H11BrFNO2/c15-12-10(14(18)19)6-7-11(13(12)16)17-8-9-4-2-1-3-5-9/h1-7,17H,8H2,(H,18,19). The van der Waals surface area contributed by atoms with E-state index in [0.717, 1.165) is 5.56 Å². The molecule has 0 spiro atoms. The summed E-state index contributed by atoms with van der Waals surface area (Å²) in [5.41, 5.74) is 1.18. The Kier molecular flexibility index (Phi) is 4.16. The summed E-state index contributed by atoms with van der Waals surface area (Å²) in [7, 11) is 0. The van der Waals surface area contributed by atoms with Crippen molar-refractivity contribution in [1.82, 2.24) is 0 Å². The van der Waals surface area contributed by atoms with E-state index in [2.05, 4.69) is 21.2 Å². The second-order valence-electron chi connectivity index (χ2n) is 3.93. The van der Waals surface area contributed by atoms with Gasteiger partial charge in [-0.05, 0) is 33.6 Å². The van der Waals surface area contributed by atoms with Crippen LogP contribution in [0, 0.1) is 5.82 Å². The molecule has 0 amide bonds. The van der Waals surface area contributed by atoms with E-state index in [4.69, 9.17) is 5.11 Å². The van der Waals surface area contributed by atoms with E-state index in [9.17, 15) is 9.18 Å². The first-order chi connectivity index (χ1) is 9.09. The summed E-state index contributed by atoms with van der Waals surface area (Å²) < 4.78 is 13.9. The molecule has 0 aliphatic carbocycles. The van der Waals surface area contributed by atoms with Gasteiger partial charge in [0.2, 0.25) is 0 Å². The van der Waals surface area contributed by atoms with Crippen LogP contribution in [0.2, 0.25) is 0 Å². The zero-order valence-corrected chi connectivity index (χ0v) is 11.4. The molecule has 98 valence electrons. The Bertz CT molecular complexity index is 602. The van der Waals surface area contributed by atoms with E-state index in [1.165, 1.54) is 12.1 Å². The minimum absolute atomic E-state index is 0.0435. The van der Waals surface area contributed by atoms with Crippen molar-refractivity contribution >= 4 is 27.6 Å². The van der Waals surface area contributed by atoms with E-state index < -0.39 is 11.8 Å². The van der Waals surface area contributed by atoms with Crippen LogP contribution in [0.4, 0.5) is 10.1 Å². The van der Waals surface area contributed by atoms with Gasteiger partial charge in [-0.2, -0.15) is 0 Å². The minimum atomic E-state index is -1.17. The lowest BCUT2D eigenvalue weighted by atomic mass is 10.2. The molecule has 0 saturated heterocycles. The molecule has 0 aliphatic heterocycles. The number of hydrogen-bond acceptors (Lipinski definition) is 2. The maximum atomic E-state index is 14.0. The van der Waals surface area contributed by atoms with E-state index >= 15 is 0 Å². The zero-order valence-electron chi connectivity index (χ0n) is 9.86. The largest absolute Gasteiger partial charge is 0.478 e. The van der Waals surface area contributed by atoms with Crippen LogP contribution in [0.1, 0.15) is 15.9 Å². The van der Waals surface area contributed by atoms with Crippen LogP contribution in [0.25, 0.3) is 0 Å². The molecule has 0 saturated carbocycles. The van der Waals surface area contributed by atoms with Crippen molar-refractivity contribution in [2.45, 2.75) is 6.54 Å². The lowest BCUT2D eigenvalue weighted by Crippen LogP contribution is -2.05. The predicted molar refractivity (Wildman–Crippen MR) is 74.8 cm³/mol. The smallest absolute Gasteiger partial charge is 0.336 e. The van der Waals surface area contributed by atoms with Crippen LogP contribution in [-0.4, -0.2) is 11.1 Å². The minimum Gasteiger partial charge on any atom is -0.478 e. The number of rotatable bonds is 4. The molecule has 0 aromatic heterocycles. The molecule has 0 fully saturated rings. The fourth-order valence-electron chi connectivity index (χ4n) is 1.64. The highest BCUT2D eigenvalue weighted by atomic mass is 79.9. The zero-order chi connectivity index (χ0) is 13.8. The van der Waals surface area contributed by atoms with E-state index in [1.807, 2.05) is 30.3 Å². The normalized spacial score (nSPS) is 10.2. The fraction of sp³-hybridized carbons (Fsp3) is 0.0714. The van der Waals surface area contributed by atoms with Crippen molar-refractivity contribution in [2.75, 3.05) is 5.32 Å². The Labute approximate surface area is 118 Å². The third-order valence-electron chi connectivity index (χ3n) is 2.64. The van der Waals surface area contributed by atoms with Crippen LogP contribution in [0.3, 0.4) is 0 Å². The van der Waals surface area contributed by atoms with Gasteiger partial charge in [-0.15, -0.1) is 0 Å². The van der Waals surface area contributed by atoms with E-state index in [1.54, 1.807) is 0 Å². The average molecular weight is 324 g/mol. The summed E-state index contributed by atoms with van der Waals surface area (Å²) in [4.78, 5) is 10.8. The SMILES string of the molecule is O=C(O)c1ccc(NCc2ccccc2)c(F)c1Br. The highest BCUT2D eigenvalue weighted by molar-refractivity contribution is 9.10. The van der Waals surface area contributed by atoms with Crippen molar-refractivity contribution in [2.24, 2.45) is 0 Å². The van der Waals surface area contributed by atoms with Gasteiger partial charge in [-0.25, -0.2) is 9.18 Å². The number of benzene rings is 2. The molecule has 3 nitrogen and oxygen atoms in total. The first-order valence-electron chi connectivity index (χ1n) is 5.58. The van der Waals surface area contributed by atoms with E-state index in [0.29, 0.717) is 6.54 Å². The second kappa shape index (κ2) is 5.84. The molecule has 0 atom stereocenters. The number of carboxylic acids is 1. The lowest BCUT2D eigenvalue weighted by molar-refractivity contribution is 0.0695. The summed E-state index contributed by atoms with van der Waals surface area (Å²) >= 11 is 2.96. The molecule has 5 heteroatoms. The first kappa shape index (κ1) is 13.5. The quantitative estimate of drug-likeness (QED) is 0.897. The van der Waals surface area contributed by atoms with E-state index in [-0.39, 0.29) is 15.7 Å². The third kappa shape index (κ3) is 3.12. The predicted octanol–water partition coefficient (Wildman–Crippen LogP) is 3.90. The van der Waals surface area contributed by atoms with Gasteiger partial charge in [-0.3, -0.25) is 0 Å². The lowest BCUT2D eigenvalue weighted by Gasteiger charge is -2.10. The molecule has 2 rings (SSSR count). The van der Waals surface area contributed by atoms with Gasteiger partial charge < -0.3 is 10.4 Å². The van der Waals surface area contributed by atoms with Gasteiger partial charge in [0.05, 0.1) is 15.7 Å². The molecule has 0 radical (unpaired) electrons. The fourth-order valence-corrected chi connectivity index (χ4v) is 2.16. The van der Waals surface area contributed by atoms with Crippen molar-refractivity contribution in [1.29, 1.82) is 0 Å². The van der Waals surface area contributed by atoms with Crippen LogP contribution in [-0.2, 0) is 6.54 Å². The summed E-state index contributed by atoms with van der Waals surface area (Å²) in [5.74, 6) is -1.77. The molecular formula is C14H11BrFNO2. The number of carboxylic acid groups (broad SMARTS) is 1. The number of carbonyl (C=O) groups is 1. The monoisotopic (exact) mass is 323 g/mol. The molecule has 2 N–H and O–H groups in total. The number of nitrogens with one attached hydrogen (secondary N) is 1. The Hall–Kier alpha value is -1.88. The van der Waals surface area contributed by atoms with Crippen LogP contribution in [0.15, 0.2) is 46.9 Å². The van der Waals surface area contributed by atoms with Crippen molar-refractivity contribution in [3.8, 4) is 0 Å². The summed E-state index contributed by atoms with van der Waals surface area (Å²) in [6.07, 6.45) is 0. The van der Waals surface area contributed by atoms with Crippen LogP contribution in [0.5, 0.6) is 0 Å². The Balaban J connectivity index is 2.18. The number of anilines is 1. The summed E-state index contributed by atoms with van der Waals surface area (Å²) in [5, 5.41) is 11.8. The van der Waals surface area contributed by atoms with Gasteiger partial charge in [0.1, 0.15) is 0 Å². The Morgan fingerprint density at radius 1 is 1.21 bits per heavy atom. The number of hydrogen-bond donors (Lipinski definition) is 2. The number of aromatic carboxylic acids is 1. The van der Waals surface area contributed by atoms with Crippen LogP contribution >= 0.6 is 15.9 Å². The third-order valence-corrected chi connectivity index (χ3v) is 3.41. The Morgan fingerprint density at radius 2 is 1.89 bits per heavy atom. The summed E-state index contributed by atoms with van der Waals surface area (Å²) in [6, 6.07) is 12.3. The molecule has 2 aromatic carbocycles. The molecule has 19 heavy (non-hydrogen) atoms. The maximum Gasteiger partial charge on any atom is 0.336 e. The van der Waals surface area contributed by atoms with Crippen molar-refractivity contribution < 1.29 is 14.3 Å². The molecule has 0 aliphatic rings. The van der Waals surface area contributed by atoms with Crippen molar-refractivity contribution in [3.63, 3.8) is 0 Å². The molecule has 0 heterocycles. The highest BCUT2D eigenvalue weighted by Gasteiger charge is 2.15. The van der Waals surface area contributed by atoms with Gasteiger partial charge in [0, 0.05) is 6.54 Å². The summed E-state index contributed by atoms with van der Waals surface area (Å²) in [6.45, 7) is 0.469. The van der Waals surface area contributed by atoms with Gasteiger partial charge in [-0.1, -0.05) is 30.3 Å². The highest BCUT2D eigenvalue weighted by Crippen LogP contribution is 2.27. The van der Waals surface area contributed by atoms with Crippen molar-refractivity contribution in [3.05, 3.63) is 63.9 Å². The Morgan fingerprint density at radius 3 is 2.53 bits per heavy atom. The first-order valence-corrected chi connectivity index (χ1v) is 6.38. The topological polar surface area (TPSA) is 49.3 Å².